The molecule has 0 radical (unpaired) electrons. The maximum absolute atomic E-state index is 13.7. The number of pyridine rings is 1. The average molecular weight is 295 g/mol. The van der Waals surface area contributed by atoms with Crippen LogP contribution in [0.15, 0.2) is 36.5 Å². The number of nitrogens with two attached hydrogens (primary N) is 1. The molecule has 2 aromatic rings. The van der Waals surface area contributed by atoms with E-state index in [-0.39, 0.29) is 22.1 Å². The Morgan fingerprint density at radius 2 is 2.15 bits per heavy atom. The van der Waals surface area contributed by atoms with Gasteiger partial charge in [0.05, 0.1) is 16.3 Å². The van der Waals surface area contributed by atoms with Crippen LogP contribution in [0.3, 0.4) is 0 Å². The van der Waals surface area contributed by atoms with Crippen molar-refractivity contribution in [2.75, 3.05) is 17.4 Å². The van der Waals surface area contributed by atoms with Gasteiger partial charge < -0.3 is 10.3 Å². The van der Waals surface area contributed by atoms with Crippen LogP contribution in [-0.4, -0.2) is 17.9 Å². The summed E-state index contributed by atoms with van der Waals surface area (Å²) in [4.78, 5) is 17.4. The van der Waals surface area contributed by atoms with Gasteiger partial charge in [-0.05, 0) is 18.2 Å². The average Bonchev–Trinajstić information content (AvgIpc) is 2.46. The molecule has 0 aliphatic heterocycles. The van der Waals surface area contributed by atoms with Gasteiger partial charge in [-0.3, -0.25) is 4.79 Å². The van der Waals surface area contributed by atoms with Gasteiger partial charge >= 0.3 is 0 Å². The number of carbonyl (C=O) groups is 1. The molecule has 2 rings (SSSR count). The van der Waals surface area contributed by atoms with Crippen LogP contribution in [0.25, 0.3) is 0 Å². The van der Waals surface area contributed by atoms with Crippen LogP contribution >= 0.6 is 11.6 Å². The summed E-state index contributed by atoms with van der Waals surface area (Å²) in [6.07, 6.45) is 1.32. The Hall–Kier alpha value is -2.18. The fourth-order valence-electron chi connectivity index (χ4n) is 1.69. The quantitative estimate of drug-likeness (QED) is 0.674. The number of rotatable bonds is 3. The van der Waals surface area contributed by atoms with Crippen molar-refractivity contribution in [1.82, 2.24) is 4.98 Å². The number of amides is 1. The Balaban J connectivity index is 2.32. The van der Waals surface area contributed by atoms with E-state index in [0.717, 1.165) is 0 Å². The van der Waals surface area contributed by atoms with Gasteiger partial charge in [-0.1, -0.05) is 23.7 Å². The molecule has 0 bridgehead atoms. The summed E-state index contributed by atoms with van der Waals surface area (Å²) in [6, 6.07) is 7.42. The van der Waals surface area contributed by atoms with Crippen molar-refractivity contribution in [1.29, 1.82) is 0 Å². The Bertz CT molecular complexity index is 650. The number of halogens is 2. The van der Waals surface area contributed by atoms with E-state index in [0.29, 0.717) is 0 Å². The molecule has 20 heavy (non-hydrogen) atoms. The Labute approximate surface area is 120 Å². The number of carbonyl (C=O) groups excluding carboxylic acids is 1. The minimum absolute atomic E-state index is 0.176. The van der Waals surface area contributed by atoms with Crippen molar-refractivity contribution in [2.45, 2.75) is 0 Å². The SMILES string of the molecule is CN(C(=O)c1cnc(NN)c(Cl)c1)c1ccccc1F. The molecule has 3 N–H and O–H groups in total. The zero-order valence-electron chi connectivity index (χ0n) is 10.6. The smallest absolute Gasteiger partial charge is 0.259 e. The Morgan fingerprint density at radius 1 is 1.45 bits per heavy atom. The summed E-state index contributed by atoms with van der Waals surface area (Å²) in [5.74, 6) is 4.56. The molecular weight excluding hydrogens is 283 g/mol. The van der Waals surface area contributed by atoms with E-state index in [2.05, 4.69) is 10.4 Å². The molecule has 1 aromatic heterocycles. The largest absolute Gasteiger partial charge is 0.309 e. The molecule has 0 unspecified atom stereocenters. The minimum Gasteiger partial charge on any atom is -0.309 e. The zero-order valence-corrected chi connectivity index (χ0v) is 11.4. The van der Waals surface area contributed by atoms with Crippen LogP contribution in [0, 0.1) is 5.82 Å². The maximum atomic E-state index is 13.7. The van der Waals surface area contributed by atoms with E-state index in [1.54, 1.807) is 12.1 Å². The lowest BCUT2D eigenvalue weighted by Gasteiger charge is -2.18. The molecule has 7 heteroatoms. The first-order chi connectivity index (χ1) is 9.54. The first kappa shape index (κ1) is 14.2. The van der Waals surface area contributed by atoms with Crippen molar-refractivity contribution >= 4 is 29.0 Å². The van der Waals surface area contributed by atoms with Gasteiger partial charge in [0.2, 0.25) is 0 Å². The number of anilines is 2. The van der Waals surface area contributed by atoms with Gasteiger partial charge in [-0.25, -0.2) is 15.2 Å². The first-order valence-electron chi connectivity index (χ1n) is 5.69. The van der Waals surface area contributed by atoms with Gasteiger partial charge in [0.15, 0.2) is 5.82 Å². The zero-order chi connectivity index (χ0) is 14.7. The third-order valence-corrected chi connectivity index (χ3v) is 3.03. The molecule has 0 atom stereocenters. The second-order valence-electron chi connectivity index (χ2n) is 4.01. The van der Waals surface area contributed by atoms with Crippen LogP contribution in [0.5, 0.6) is 0 Å². The third kappa shape index (κ3) is 2.71. The molecule has 1 amide bonds. The van der Waals surface area contributed by atoms with E-state index >= 15 is 0 Å². The molecule has 1 heterocycles. The van der Waals surface area contributed by atoms with Crippen LogP contribution in [-0.2, 0) is 0 Å². The fraction of sp³-hybridized carbons (Fsp3) is 0.0769. The Kier molecular flexibility index (Phi) is 4.16. The third-order valence-electron chi connectivity index (χ3n) is 2.74. The minimum atomic E-state index is -0.484. The number of hydrogen-bond acceptors (Lipinski definition) is 4. The van der Waals surface area contributed by atoms with Gasteiger partial charge in [0, 0.05) is 13.2 Å². The molecule has 0 saturated carbocycles. The highest BCUT2D eigenvalue weighted by molar-refractivity contribution is 6.33. The van der Waals surface area contributed by atoms with Crippen molar-refractivity contribution in [3.63, 3.8) is 0 Å². The summed E-state index contributed by atoms with van der Waals surface area (Å²) in [6.45, 7) is 0. The predicted octanol–water partition coefficient (Wildman–Crippen LogP) is 2.44. The molecular formula is C13H12ClFN4O. The number of nitrogens with zero attached hydrogens (tertiary/aromatic N) is 2. The van der Waals surface area contributed by atoms with Crippen molar-refractivity contribution in [3.8, 4) is 0 Å². The molecule has 0 aliphatic carbocycles. The number of para-hydroxylation sites is 1. The molecule has 1 aromatic carbocycles. The number of nitrogens with one attached hydrogen (secondary N) is 1. The number of aromatic nitrogens is 1. The van der Waals surface area contributed by atoms with Crippen LogP contribution in [0.1, 0.15) is 10.4 Å². The molecule has 0 spiro atoms. The lowest BCUT2D eigenvalue weighted by atomic mass is 10.2. The lowest BCUT2D eigenvalue weighted by Crippen LogP contribution is -2.27. The monoisotopic (exact) mass is 294 g/mol. The number of benzene rings is 1. The van der Waals surface area contributed by atoms with E-state index in [9.17, 15) is 9.18 Å². The summed E-state index contributed by atoms with van der Waals surface area (Å²) in [5, 5.41) is 0.209. The van der Waals surface area contributed by atoms with Crippen LogP contribution in [0.2, 0.25) is 5.02 Å². The molecule has 0 fully saturated rings. The number of hydrazine groups is 1. The van der Waals surface area contributed by atoms with Crippen molar-refractivity contribution in [2.24, 2.45) is 5.84 Å². The number of hydrogen-bond donors (Lipinski definition) is 2. The van der Waals surface area contributed by atoms with Gasteiger partial charge in [-0.2, -0.15) is 0 Å². The van der Waals surface area contributed by atoms with Crippen molar-refractivity contribution in [3.05, 3.63) is 52.9 Å². The topological polar surface area (TPSA) is 71.2 Å². The van der Waals surface area contributed by atoms with Gasteiger partial charge in [0.25, 0.3) is 5.91 Å². The maximum Gasteiger partial charge on any atom is 0.259 e. The van der Waals surface area contributed by atoms with Crippen molar-refractivity contribution < 1.29 is 9.18 Å². The Morgan fingerprint density at radius 3 is 2.75 bits per heavy atom. The van der Waals surface area contributed by atoms with Gasteiger partial charge in [0.1, 0.15) is 5.82 Å². The standard InChI is InChI=1S/C13H12ClFN4O/c1-19(11-5-3-2-4-10(11)15)13(20)8-6-9(14)12(18-16)17-7-8/h2-7H,16H2,1H3,(H,17,18). The summed E-state index contributed by atoms with van der Waals surface area (Å²) in [5.41, 5.74) is 2.71. The van der Waals surface area contributed by atoms with E-state index in [4.69, 9.17) is 17.4 Å². The second-order valence-corrected chi connectivity index (χ2v) is 4.42. The van der Waals surface area contributed by atoms with E-state index in [1.165, 1.54) is 36.3 Å². The first-order valence-corrected chi connectivity index (χ1v) is 6.07. The highest BCUT2D eigenvalue weighted by Gasteiger charge is 2.17. The predicted molar refractivity (Wildman–Crippen MR) is 76.2 cm³/mol. The van der Waals surface area contributed by atoms with Crippen LogP contribution < -0.4 is 16.2 Å². The summed E-state index contributed by atoms with van der Waals surface area (Å²) >= 11 is 5.91. The molecule has 5 nitrogen and oxygen atoms in total. The molecule has 104 valence electrons. The van der Waals surface area contributed by atoms with Gasteiger partial charge in [-0.15, -0.1) is 0 Å². The second kappa shape index (κ2) is 5.85. The van der Waals surface area contributed by atoms with Crippen LogP contribution in [0.4, 0.5) is 15.9 Å². The summed E-state index contributed by atoms with van der Waals surface area (Å²) in [7, 11) is 1.48. The molecule has 0 aliphatic rings. The molecule has 0 saturated heterocycles. The highest BCUT2D eigenvalue weighted by Crippen LogP contribution is 2.22. The summed E-state index contributed by atoms with van der Waals surface area (Å²) < 4.78 is 13.7. The highest BCUT2D eigenvalue weighted by atomic mass is 35.5. The van der Waals surface area contributed by atoms with E-state index in [1.807, 2.05) is 0 Å². The lowest BCUT2D eigenvalue weighted by molar-refractivity contribution is 0.0992. The number of nitrogen functional groups attached to an aromatic ring is 1. The van der Waals surface area contributed by atoms with E-state index < -0.39 is 11.7 Å². The fourth-order valence-corrected chi connectivity index (χ4v) is 1.91. The normalized spacial score (nSPS) is 10.2.